The molecule has 1 fully saturated rings. The minimum atomic E-state index is -0.454. The van der Waals surface area contributed by atoms with Crippen LogP contribution in [0.1, 0.15) is 43.6 Å². The first-order valence-electron chi connectivity index (χ1n) is 9.74. The Morgan fingerprint density at radius 1 is 1.32 bits per heavy atom. The molecule has 2 heterocycles. The van der Waals surface area contributed by atoms with Gasteiger partial charge in [-0.15, -0.1) is 11.3 Å². The molecule has 9 heteroatoms. The molecule has 2 aromatic heterocycles. The van der Waals surface area contributed by atoms with Gasteiger partial charge >= 0.3 is 6.03 Å². The van der Waals surface area contributed by atoms with Gasteiger partial charge in [0.1, 0.15) is 4.83 Å². The summed E-state index contributed by atoms with van der Waals surface area (Å²) in [5.41, 5.74) is 1.15. The van der Waals surface area contributed by atoms with Crippen molar-refractivity contribution >= 4 is 45.3 Å². The van der Waals surface area contributed by atoms with E-state index >= 15 is 0 Å². The van der Waals surface area contributed by atoms with E-state index in [0.717, 1.165) is 42.3 Å². The minimum Gasteiger partial charge on any atom is -0.335 e. The number of thiophene rings is 1. The Labute approximate surface area is 171 Å². The van der Waals surface area contributed by atoms with Crippen molar-refractivity contribution in [3.05, 3.63) is 20.8 Å². The summed E-state index contributed by atoms with van der Waals surface area (Å²) in [5.74, 6) is 0.283. The maximum absolute atomic E-state index is 13.1. The van der Waals surface area contributed by atoms with Gasteiger partial charge in [-0.3, -0.25) is 19.5 Å². The van der Waals surface area contributed by atoms with E-state index in [9.17, 15) is 14.4 Å². The highest BCUT2D eigenvalue weighted by molar-refractivity contribution is 7.99. The number of carbonyl (C=O) groups is 2. The van der Waals surface area contributed by atoms with Crippen molar-refractivity contribution in [1.82, 2.24) is 20.2 Å². The predicted molar refractivity (Wildman–Crippen MR) is 111 cm³/mol. The number of carbonyl (C=O) groups excluding carboxylic acids is 2. The van der Waals surface area contributed by atoms with Crippen LogP contribution in [0, 0.1) is 5.92 Å². The molecule has 1 saturated carbocycles. The number of thioether (sulfide) groups is 1. The van der Waals surface area contributed by atoms with Crippen LogP contribution < -0.4 is 16.2 Å². The van der Waals surface area contributed by atoms with Crippen molar-refractivity contribution in [3.63, 3.8) is 0 Å². The zero-order chi connectivity index (χ0) is 19.8. The number of amides is 3. The summed E-state index contributed by atoms with van der Waals surface area (Å²) in [6.07, 6.45) is 4.97. The van der Waals surface area contributed by atoms with Crippen molar-refractivity contribution in [1.29, 1.82) is 0 Å². The third-order valence-electron chi connectivity index (χ3n) is 5.19. The summed E-state index contributed by atoms with van der Waals surface area (Å²) in [6.45, 7) is 4.64. The molecule has 1 atom stereocenters. The fraction of sp³-hybridized carbons (Fsp3) is 0.579. The molecule has 3 amide bonds. The smallest absolute Gasteiger partial charge is 0.321 e. The molecule has 2 aromatic rings. The van der Waals surface area contributed by atoms with Crippen LogP contribution in [0.25, 0.3) is 10.2 Å². The summed E-state index contributed by atoms with van der Waals surface area (Å²) in [5, 5.41) is 6.34. The Balaban J connectivity index is 1.54. The van der Waals surface area contributed by atoms with Crippen molar-refractivity contribution in [3.8, 4) is 0 Å². The minimum absolute atomic E-state index is 0.0195. The first-order valence-corrected chi connectivity index (χ1v) is 11.5. The molecule has 0 aromatic carbocycles. The average molecular weight is 421 g/mol. The molecule has 0 aliphatic heterocycles. The highest BCUT2D eigenvalue weighted by atomic mass is 32.2. The summed E-state index contributed by atoms with van der Waals surface area (Å²) in [4.78, 5) is 43.6. The van der Waals surface area contributed by atoms with Crippen LogP contribution in [0.2, 0.25) is 0 Å². The zero-order valence-electron chi connectivity index (χ0n) is 16.0. The number of hydrogen-bond acceptors (Lipinski definition) is 6. The summed E-state index contributed by atoms with van der Waals surface area (Å²) < 4.78 is 1.63. The molecule has 0 unspecified atom stereocenters. The standard InChI is InChI=1S/C19H24N4O3S2/c1-3-23-17(25)15-12-7-4-10(2)8-13(12)28-16(15)22-19(23)27-9-14(24)21-18(26)20-11-5-6-11/h10-11H,3-9H2,1-2H3,(H2,20,21,24,26)/t10-/m0/s1. The number of aromatic nitrogens is 2. The van der Waals surface area contributed by atoms with Crippen LogP contribution in [0.4, 0.5) is 4.79 Å². The number of imide groups is 1. The van der Waals surface area contributed by atoms with E-state index in [2.05, 4.69) is 17.6 Å². The summed E-state index contributed by atoms with van der Waals surface area (Å²) in [7, 11) is 0. The van der Waals surface area contributed by atoms with E-state index in [1.807, 2.05) is 6.92 Å². The Morgan fingerprint density at radius 2 is 2.11 bits per heavy atom. The fourth-order valence-electron chi connectivity index (χ4n) is 3.54. The van der Waals surface area contributed by atoms with Gasteiger partial charge in [-0.05, 0) is 50.5 Å². The lowest BCUT2D eigenvalue weighted by atomic mass is 9.89. The number of hydrogen-bond donors (Lipinski definition) is 2. The monoisotopic (exact) mass is 420 g/mol. The van der Waals surface area contributed by atoms with Crippen LogP contribution in [0.15, 0.2) is 9.95 Å². The Kier molecular flexibility index (Phi) is 5.46. The number of aryl methyl sites for hydroxylation is 1. The lowest BCUT2D eigenvalue weighted by Crippen LogP contribution is -2.41. The number of fused-ring (bicyclic) bond motifs is 3. The van der Waals surface area contributed by atoms with E-state index in [4.69, 9.17) is 4.98 Å². The van der Waals surface area contributed by atoms with Crippen LogP contribution in [0.3, 0.4) is 0 Å². The molecule has 2 N–H and O–H groups in total. The Bertz CT molecular complexity index is 993. The van der Waals surface area contributed by atoms with Gasteiger partial charge in [0.05, 0.1) is 11.1 Å². The molecular weight excluding hydrogens is 396 g/mol. The second-order valence-electron chi connectivity index (χ2n) is 7.56. The molecule has 0 bridgehead atoms. The number of nitrogens with one attached hydrogen (secondary N) is 2. The van der Waals surface area contributed by atoms with Crippen LogP contribution in [-0.4, -0.2) is 33.3 Å². The lowest BCUT2D eigenvalue weighted by molar-refractivity contribution is -0.117. The van der Waals surface area contributed by atoms with Gasteiger partial charge in [0.2, 0.25) is 5.91 Å². The van der Waals surface area contributed by atoms with Gasteiger partial charge in [0, 0.05) is 17.5 Å². The van der Waals surface area contributed by atoms with Crippen molar-refractivity contribution in [2.45, 2.75) is 63.7 Å². The number of urea groups is 1. The van der Waals surface area contributed by atoms with Crippen LogP contribution in [-0.2, 0) is 24.2 Å². The molecule has 0 radical (unpaired) electrons. The molecule has 2 aliphatic rings. The molecule has 0 saturated heterocycles. The van der Waals surface area contributed by atoms with Gasteiger partial charge in [-0.1, -0.05) is 18.7 Å². The maximum atomic E-state index is 13.1. The van der Waals surface area contributed by atoms with Crippen LogP contribution in [0.5, 0.6) is 0 Å². The lowest BCUT2D eigenvalue weighted by Gasteiger charge is -2.17. The fourth-order valence-corrected chi connectivity index (χ4v) is 5.82. The summed E-state index contributed by atoms with van der Waals surface area (Å²) >= 11 is 2.81. The quantitative estimate of drug-likeness (QED) is 0.573. The van der Waals surface area contributed by atoms with Crippen molar-refractivity contribution in [2.75, 3.05) is 5.75 Å². The SMILES string of the molecule is CCn1c(SCC(=O)NC(=O)NC2CC2)nc2sc3c(c2c1=O)CC[C@H](C)C3. The highest BCUT2D eigenvalue weighted by Gasteiger charge is 2.26. The Morgan fingerprint density at radius 3 is 2.82 bits per heavy atom. The largest absolute Gasteiger partial charge is 0.335 e. The molecule has 4 rings (SSSR count). The average Bonchev–Trinajstić information content (AvgIpc) is 3.37. The number of nitrogens with zero attached hydrogens (tertiary/aromatic N) is 2. The highest BCUT2D eigenvalue weighted by Crippen LogP contribution is 2.36. The van der Waals surface area contributed by atoms with Crippen molar-refractivity contribution in [2.24, 2.45) is 5.92 Å². The van der Waals surface area contributed by atoms with E-state index < -0.39 is 6.03 Å². The van der Waals surface area contributed by atoms with E-state index in [1.165, 1.54) is 22.2 Å². The third kappa shape index (κ3) is 3.96. The second kappa shape index (κ2) is 7.87. The van der Waals surface area contributed by atoms with Gasteiger partial charge < -0.3 is 5.32 Å². The normalized spacial score (nSPS) is 18.7. The topological polar surface area (TPSA) is 93.1 Å². The third-order valence-corrected chi connectivity index (χ3v) is 7.32. The molecule has 2 aliphatic carbocycles. The van der Waals surface area contributed by atoms with E-state index in [0.29, 0.717) is 17.6 Å². The first-order chi connectivity index (χ1) is 13.5. The molecule has 150 valence electrons. The predicted octanol–water partition coefficient (Wildman–Crippen LogP) is 2.68. The Hall–Kier alpha value is -1.87. The van der Waals surface area contributed by atoms with Gasteiger partial charge in [0.15, 0.2) is 5.16 Å². The molecule has 28 heavy (non-hydrogen) atoms. The maximum Gasteiger partial charge on any atom is 0.321 e. The van der Waals surface area contributed by atoms with Crippen LogP contribution >= 0.6 is 23.1 Å². The van der Waals surface area contributed by atoms with Gasteiger partial charge in [0.25, 0.3) is 5.56 Å². The van der Waals surface area contributed by atoms with E-state index in [-0.39, 0.29) is 23.3 Å². The second-order valence-corrected chi connectivity index (χ2v) is 9.59. The first kappa shape index (κ1) is 19.4. The van der Waals surface area contributed by atoms with Crippen molar-refractivity contribution < 1.29 is 9.59 Å². The van der Waals surface area contributed by atoms with E-state index in [1.54, 1.807) is 15.9 Å². The van der Waals surface area contributed by atoms with Gasteiger partial charge in [-0.25, -0.2) is 9.78 Å². The zero-order valence-corrected chi connectivity index (χ0v) is 17.7. The summed E-state index contributed by atoms with van der Waals surface area (Å²) in [6, 6.07) is -0.258. The molecule has 0 spiro atoms. The van der Waals surface area contributed by atoms with Gasteiger partial charge in [-0.2, -0.15) is 0 Å². The number of rotatable bonds is 5. The molecular formula is C19H24N4O3S2. The molecule has 7 nitrogen and oxygen atoms in total.